The third-order valence-corrected chi connectivity index (χ3v) is 3.09. The van der Waals surface area contributed by atoms with Crippen LogP contribution in [0.1, 0.15) is 31.2 Å². The first-order valence-electron chi connectivity index (χ1n) is 5.82. The van der Waals surface area contributed by atoms with Crippen LogP contribution >= 0.6 is 0 Å². The molecule has 1 heteroatoms. The van der Waals surface area contributed by atoms with Gasteiger partial charge in [-0.25, -0.2) is 0 Å². The zero-order valence-electron chi connectivity index (χ0n) is 9.83. The Kier molecular flexibility index (Phi) is 3.45. The van der Waals surface area contributed by atoms with Gasteiger partial charge in [0.1, 0.15) is 5.75 Å². The van der Waals surface area contributed by atoms with E-state index in [0.717, 1.165) is 12.2 Å². The Morgan fingerprint density at radius 1 is 1.12 bits per heavy atom. The predicted octanol–water partition coefficient (Wildman–Crippen LogP) is 4.21. The van der Waals surface area contributed by atoms with Gasteiger partial charge in [0.2, 0.25) is 0 Å². The molecule has 1 saturated carbocycles. The summed E-state index contributed by atoms with van der Waals surface area (Å²) in [6.07, 6.45) is 7.16. The molecular weight excluding hydrogens is 196 g/mol. The van der Waals surface area contributed by atoms with E-state index in [9.17, 15) is 0 Å². The lowest BCUT2D eigenvalue weighted by molar-refractivity contribution is 0.415. The van der Waals surface area contributed by atoms with Crippen LogP contribution < -0.4 is 4.74 Å². The number of ether oxygens (including phenoxy) is 1. The molecule has 1 nitrogen and oxygen atoms in total. The molecule has 0 aromatic heterocycles. The first-order valence-corrected chi connectivity index (χ1v) is 5.82. The molecule has 1 aromatic rings. The Balaban J connectivity index is 2.17. The Morgan fingerprint density at radius 3 is 2.44 bits per heavy atom. The minimum Gasteiger partial charge on any atom is -0.497 e. The van der Waals surface area contributed by atoms with Gasteiger partial charge in [0.25, 0.3) is 0 Å². The molecule has 1 aromatic carbocycles. The lowest BCUT2D eigenvalue weighted by atomic mass is 9.89. The SMILES string of the molecule is C=C1CCCC/C1=C\c1ccc(OC)cc1. The summed E-state index contributed by atoms with van der Waals surface area (Å²) in [4.78, 5) is 0. The van der Waals surface area contributed by atoms with Crippen LogP contribution in [0.4, 0.5) is 0 Å². The molecule has 0 amide bonds. The van der Waals surface area contributed by atoms with Gasteiger partial charge in [0, 0.05) is 0 Å². The van der Waals surface area contributed by atoms with Crippen molar-refractivity contribution in [2.45, 2.75) is 25.7 Å². The molecule has 84 valence electrons. The summed E-state index contributed by atoms with van der Waals surface area (Å²) < 4.78 is 5.14. The first-order chi connectivity index (χ1) is 7.79. The number of methoxy groups -OCH3 is 1. The Morgan fingerprint density at radius 2 is 1.81 bits per heavy atom. The van der Waals surface area contributed by atoms with Gasteiger partial charge >= 0.3 is 0 Å². The maximum Gasteiger partial charge on any atom is 0.118 e. The van der Waals surface area contributed by atoms with Crippen molar-refractivity contribution >= 4 is 6.08 Å². The van der Waals surface area contributed by atoms with Crippen LogP contribution in [0, 0.1) is 0 Å². The molecule has 0 radical (unpaired) electrons. The zero-order chi connectivity index (χ0) is 11.4. The summed E-state index contributed by atoms with van der Waals surface area (Å²) in [6, 6.07) is 8.18. The molecule has 2 rings (SSSR count). The minimum absolute atomic E-state index is 0.907. The number of hydrogen-bond donors (Lipinski definition) is 0. The van der Waals surface area contributed by atoms with Crippen LogP contribution in [-0.4, -0.2) is 7.11 Å². The molecule has 1 aliphatic rings. The number of benzene rings is 1. The largest absolute Gasteiger partial charge is 0.497 e. The molecule has 1 fully saturated rings. The van der Waals surface area contributed by atoms with E-state index in [4.69, 9.17) is 4.74 Å². The third-order valence-electron chi connectivity index (χ3n) is 3.09. The Labute approximate surface area is 97.4 Å². The fraction of sp³-hybridized carbons (Fsp3) is 0.333. The van der Waals surface area contributed by atoms with E-state index in [1.54, 1.807) is 7.11 Å². The van der Waals surface area contributed by atoms with E-state index in [-0.39, 0.29) is 0 Å². The topological polar surface area (TPSA) is 9.23 Å². The van der Waals surface area contributed by atoms with Crippen molar-refractivity contribution < 1.29 is 4.74 Å². The van der Waals surface area contributed by atoms with Crippen LogP contribution in [0.3, 0.4) is 0 Å². The lowest BCUT2D eigenvalue weighted by Gasteiger charge is -2.16. The molecule has 16 heavy (non-hydrogen) atoms. The highest BCUT2D eigenvalue weighted by Crippen LogP contribution is 2.29. The second-order valence-electron chi connectivity index (χ2n) is 4.25. The fourth-order valence-electron chi connectivity index (χ4n) is 2.07. The molecule has 1 aliphatic carbocycles. The van der Waals surface area contributed by atoms with Crippen molar-refractivity contribution in [2.75, 3.05) is 7.11 Å². The van der Waals surface area contributed by atoms with Crippen molar-refractivity contribution in [1.29, 1.82) is 0 Å². The summed E-state index contributed by atoms with van der Waals surface area (Å²) in [5.74, 6) is 0.907. The second-order valence-corrected chi connectivity index (χ2v) is 4.25. The number of allylic oxidation sites excluding steroid dienone is 2. The second kappa shape index (κ2) is 5.02. The monoisotopic (exact) mass is 214 g/mol. The summed E-state index contributed by atoms with van der Waals surface area (Å²) in [5.41, 5.74) is 3.96. The summed E-state index contributed by atoms with van der Waals surface area (Å²) >= 11 is 0. The van der Waals surface area contributed by atoms with Gasteiger partial charge < -0.3 is 4.74 Å². The predicted molar refractivity (Wildman–Crippen MR) is 68.6 cm³/mol. The van der Waals surface area contributed by atoms with E-state index in [1.165, 1.54) is 36.0 Å². The molecule has 0 aliphatic heterocycles. The van der Waals surface area contributed by atoms with E-state index < -0.39 is 0 Å². The maximum absolute atomic E-state index is 5.14. The van der Waals surface area contributed by atoms with Gasteiger partial charge in [0.15, 0.2) is 0 Å². The van der Waals surface area contributed by atoms with E-state index >= 15 is 0 Å². The van der Waals surface area contributed by atoms with Gasteiger partial charge in [0.05, 0.1) is 7.11 Å². The minimum atomic E-state index is 0.907. The average Bonchev–Trinajstić information content (AvgIpc) is 2.33. The fourth-order valence-corrected chi connectivity index (χ4v) is 2.07. The molecule has 0 atom stereocenters. The highest BCUT2D eigenvalue weighted by molar-refractivity contribution is 5.59. The third kappa shape index (κ3) is 2.54. The van der Waals surface area contributed by atoms with Crippen molar-refractivity contribution in [2.24, 2.45) is 0 Å². The first kappa shape index (κ1) is 11.0. The van der Waals surface area contributed by atoms with Crippen molar-refractivity contribution in [1.82, 2.24) is 0 Å². The quantitative estimate of drug-likeness (QED) is 0.716. The Bertz CT molecular complexity index is 398. The molecule has 0 spiro atoms. The zero-order valence-corrected chi connectivity index (χ0v) is 9.83. The molecule has 0 N–H and O–H groups in total. The Hall–Kier alpha value is -1.50. The van der Waals surface area contributed by atoms with Crippen LogP contribution in [-0.2, 0) is 0 Å². The van der Waals surface area contributed by atoms with Crippen LogP contribution in [0.5, 0.6) is 5.75 Å². The summed E-state index contributed by atoms with van der Waals surface area (Å²) in [7, 11) is 1.69. The van der Waals surface area contributed by atoms with E-state index in [1.807, 2.05) is 12.1 Å². The van der Waals surface area contributed by atoms with Crippen LogP contribution in [0.2, 0.25) is 0 Å². The lowest BCUT2D eigenvalue weighted by Crippen LogP contribution is -1.96. The van der Waals surface area contributed by atoms with Crippen molar-refractivity contribution in [3.63, 3.8) is 0 Å². The van der Waals surface area contributed by atoms with Crippen molar-refractivity contribution in [3.8, 4) is 5.75 Å². The molecule has 0 saturated heterocycles. The van der Waals surface area contributed by atoms with Crippen LogP contribution in [0.25, 0.3) is 6.08 Å². The van der Waals surface area contributed by atoms with Gasteiger partial charge in [-0.05, 0) is 49.0 Å². The maximum atomic E-state index is 5.14. The highest BCUT2D eigenvalue weighted by atomic mass is 16.5. The summed E-state index contributed by atoms with van der Waals surface area (Å²) in [5, 5.41) is 0. The van der Waals surface area contributed by atoms with Gasteiger partial charge in [-0.3, -0.25) is 0 Å². The number of hydrogen-bond acceptors (Lipinski definition) is 1. The molecule has 0 unspecified atom stereocenters. The van der Waals surface area contributed by atoms with Crippen molar-refractivity contribution in [3.05, 3.63) is 47.6 Å². The van der Waals surface area contributed by atoms with E-state index in [2.05, 4.69) is 24.8 Å². The van der Waals surface area contributed by atoms with Crippen LogP contribution in [0.15, 0.2) is 42.0 Å². The van der Waals surface area contributed by atoms with Gasteiger partial charge in [-0.2, -0.15) is 0 Å². The van der Waals surface area contributed by atoms with Gasteiger partial charge in [-0.15, -0.1) is 0 Å². The normalized spacial score (nSPS) is 18.8. The van der Waals surface area contributed by atoms with Gasteiger partial charge in [-0.1, -0.05) is 30.4 Å². The average molecular weight is 214 g/mol. The molecule has 0 heterocycles. The smallest absolute Gasteiger partial charge is 0.118 e. The van der Waals surface area contributed by atoms with E-state index in [0.29, 0.717) is 0 Å². The highest BCUT2D eigenvalue weighted by Gasteiger charge is 2.09. The summed E-state index contributed by atoms with van der Waals surface area (Å²) in [6.45, 7) is 4.13. The standard InChI is InChI=1S/C15H18O/c1-12-5-3-4-6-14(12)11-13-7-9-15(16-2)10-8-13/h7-11H,1,3-6H2,2H3/b14-11+. The number of rotatable bonds is 2. The molecule has 0 bridgehead atoms. The molecular formula is C15H18O.